The summed E-state index contributed by atoms with van der Waals surface area (Å²) in [5.74, 6) is 1.12. The third-order valence-corrected chi connectivity index (χ3v) is 2.82. The van der Waals surface area contributed by atoms with Crippen molar-refractivity contribution in [3.8, 4) is 11.5 Å². The average Bonchev–Trinajstić information content (AvgIpc) is 2.27. The molecule has 1 rings (SSSR count). The van der Waals surface area contributed by atoms with Gasteiger partial charge in [0.25, 0.3) is 0 Å². The maximum absolute atomic E-state index is 9.69. The van der Waals surface area contributed by atoms with Crippen molar-refractivity contribution in [1.29, 1.82) is 0 Å². The maximum Gasteiger partial charge on any atom is 0.179 e. The molecule has 4 heteroatoms. The summed E-state index contributed by atoms with van der Waals surface area (Å²) < 4.78 is 10.5. The molecule has 0 aromatic heterocycles. The van der Waals surface area contributed by atoms with Crippen LogP contribution in [0, 0.1) is 0 Å². The lowest BCUT2D eigenvalue weighted by atomic mass is 9.99. The molecule has 0 aliphatic carbocycles. The second-order valence-electron chi connectivity index (χ2n) is 3.52. The second kappa shape index (κ2) is 5.41. The SMILES string of the molecule is CCc1c(C(C)O)cc(Cl)c(OC)c1OC. The zero-order chi connectivity index (χ0) is 12.3. The number of hydrogen-bond acceptors (Lipinski definition) is 3. The van der Waals surface area contributed by atoms with E-state index < -0.39 is 6.10 Å². The van der Waals surface area contributed by atoms with Crippen molar-refractivity contribution in [3.05, 3.63) is 22.2 Å². The summed E-state index contributed by atoms with van der Waals surface area (Å²) in [6, 6.07) is 1.73. The van der Waals surface area contributed by atoms with E-state index in [-0.39, 0.29) is 0 Å². The molecule has 1 N–H and O–H groups in total. The molecule has 0 heterocycles. The zero-order valence-electron chi connectivity index (χ0n) is 10.0. The summed E-state index contributed by atoms with van der Waals surface area (Å²) in [5, 5.41) is 10.1. The van der Waals surface area contributed by atoms with Crippen molar-refractivity contribution < 1.29 is 14.6 Å². The van der Waals surface area contributed by atoms with Crippen LogP contribution in [0.15, 0.2) is 6.07 Å². The Hall–Kier alpha value is -0.930. The molecule has 1 unspecified atom stereocenters. The van der Waals surface area contributed by atoms with E-state index in [1.165, 1.54) is 0 Å². The van der Waals surface area contributed by atoms with Crippen LogP contribution < -0.4 is 9.47 Å². The fourth-order valence-corrected chi connectivity index (χ4v) is 2.09. The van der Waals surface area contributed by atoms with Crippen LogP contribution in [0.3, 0.4) is 0 Å². The van der Waals surface area contributed by atoms with Gasteiger partial charge in [-0.3, -0.25) is 0 Å². The van der Waals surface area contributed by atoms with E-state index in [2.05, 4.69) is 0 Å². The quantitative estimate of drug-likeness (QED) is 0.885. The largest absolute Gasteiger partial charge is 0.493 e. The van der Waals surface area contributed by atoms with Crippen LogP contribution in [0.1, 0.15) is 31.1 Å². The Labute approximate surface area is 101 Å². The number of halogens is 1. The smallest absolute Gasteiger partial charge is 0.179 e. The van der Waals surface area contributed by atoms with Gasteiger partial charge in [-0.15, -0.1) is 0 Å². The first-order chi connectivity index (χ1) is 7.56. The van der Waals surface area contributed by atoms with E-state index in [9.17, 15) is 5.11 Å². The first kappa shape index (κ1) is 13.1. The van der Waals surface area contributed by atoms with Crippen molar-refractivity contribution in [2.45, 2.75) is 26.4 Å². The third-order valence-electron chi connectivity index (χ3n) is 2.54. The fraction of sp³-hybridized carbons (Fsp3) is 0.500. The zero-order valence-corrected chi connectivity index (χ0v) is 10.8. The Kier molecular flexibility index (Phi) is 4.44. The van der Waals surface area contributed by atoms with Crippen LogP contribution in [-0.4, -0.2) is 19.3 Å². The maximum atomic E-state index is 9.69. The summed E-state index contributed by atoms with van der Waals surface area (Å²) in [7, 11) is 3.12. The highest BCUT2D eigenvalue weighted by molar-refractivity contribution is 6.32. The summed E-state index contributed by atoms with van der Waals surface area (Å²) in [4.78, 5) is 0. The van der Waals surface area contributed by atoms with Gasteiger partial charge in [-0.2, -0.15) is 0 Å². The van der Waals surface area contributed by atoms with E-state index in [0.29, 0.717) is 16.5 Å². The van der Waals surface area contributed by atoms with Gasteiger partial charge in [0.15, 0.2) is 11.5 Å². The van der Waals surface area contributed by atoms with Gasteiger partial charge >= 0.3 is 0 Å². The topological polar surface area (TPSA) is 38.7 Å². The molecule has 1 aromatic rings. The molecule has 0 saturated carbocycles. The molecule has 0 spiro atoms. The average molecular weight is 245 g/mol. The molecule has 1 aromatic carbocycles. The molecular weight excluding hydrogens is 228 g/mol. The number of hydrogen-bond donors (Lipinski definition) is 1. The number of aliphatic hydroxyl groups excluding tert-OH is 1. The van der Waals surface area contributed by atoms with Crippen molar-refractivity contribution >= 4 is 11.6 Å². The predicted molar refractivity (Wildman–Crippen MR) is 64.6 cm³/mol. The van der Waals surface area contributed by atoms with Gasteiger partial charge in [-0.1, -0.05) is 18.5 Å². The second-order valence-corrected chi connectivity index (χ2v) is 3.93. The molecule has 1 atom stereocenters. The van der Waals surface area contributed by atoms with Crippen LogP contribution in [0.25, 0.3) is 0 Å². The molecule has 16 heavy (non-hydrogen) atoms. The molecule has 0 bridgehead atoms. The molecular formula is C12H17ClO3. The minimum atomic E-state index is -0.577. The minimum absolute atomic E-state index is 0.451. The Balaban J connectivity index is 3.50. The van der Waals surface area contributed by atoms with Gasteiger partial charge in [0.2, 0.25) is 0 Å². The summed E-state index contributed by atoms with van der Waals surface area (Å²) >= 11 is 6.07. The monoisotopic (exact) mass is 244 g/mol. The summed E-state index contributed by atoms with van der Waals surface area (Å²) in [5.41, 5.74) is 1.71. The Morgan fingerprint density at radius 1 is 1.31 bits per heavy atom. The lowest BCUT2D eigenvalue weighted by Crippen LogP contribution is -2.03. The minimum Gasteiger partial charge on any atom is -0.493 e. The molecule has 0 fully saturated rings. The number of ether oxygens (including phenoxy) is 2. The van der Waals surface area contributed by atoms with Gasteiger partial charge in [-0.05, 0) is 25.0 Å². The van der Waals surface area contributed by atoms with E-state index in [1.54, 1.807) is 27.2 Å². The van der Waals surface area contributed by atoms with Crippen molar-refractivity contribution in [2.24, 2.45) is 0 Å². The molecule has 0 radical (unpaired) electrons. The van der Waals surface area contributed by atoms with Crippen LogP contribution in [0.5, 0.6) is 11.5 Å². The predicted octanol–water partition coefficient (Wildman–Crippen LogP) is 2.97. The number of benzene rings is 1. The van der Waals surface area contributed by atoms with Crippen molar-refractivity contribution in [2.75, 3.05) is 14.2 Å². The molecule has 0 aliphatic heterocycles. The van der Waals surface area contributed by atoms with Crippen LogP contribution in [0.4, 0.5) is 0 Å². The normalized spacial score (nSPS) is 12.4. The van der Waals surface area contributed by atoms with E-state index in [4.69, 9.17) is 21.1 Å². The first-order valence-electron chi connectivity index (χ1n) is 5.18. The molecule has 3 nitrogen and oxygen atoms in total. The Bertz CT molecular complexity index is 375. The lowest BCUT2D eigenvalue weighted by Gasteiger charge is -2.18. The van der Waals surface area contributed by atoms with E-state index >= 15 is 0 Å². The van der Waals surface area contributed by atoms with E-state index in [1.807, 2.05) is 6.92 Å². The van der Waals surface area contributed by atoms with Crippen LogP contribution in [0.2, 0.25) is 5.02 Å². The number of rotatable bonds is 4. The number of aliphatic hydroxyl groups is 1. The number of methoxy groups -OCH3 is 2. The van der Waals surface area contributed by atoms with E-state index in [0.717, 1.165) is 17.5 Å². The lowest BCUT2D eigenvalue weighted by molar-refractivity contribution is 0.197. The Morgan fingerprint density at radius 3 is 2.25 bits per heavy atom. The summed E-state index contributed by atoms with van der Waals surface area (Å²) in [6.45, 7) is 3.70. The molecule has 90 valence electrons. The highest BCUT2D eigenvalue weighted by Crippen LogP contribution is 2.41. The molecule has 0 amide bonds. The highest BCUT2D eigenvalue weighted by atomic mass is 35.5. The molecule has 0 saturated heterocycles. The van der Waals surface area contributed by atoms with Gasteiger partial charge in [0.1, 0.15) is 0 Å². The Morgan fingerprint density at radius 2 is 1.88 bits per heavy atom. The molecule has 0 aliphatic rings. The van der Waals surface area contributed by atoms with Gasteiger partial charge in [0.05, 0.1) is 25.3 Å². The standard InChI is InChI=1S/C12H17ClO3/c1-5-8-9(7(2)14)6-10(13)12(16-4)11(8)15-3/h6-7,14H,5H2,1-4H3. The first-order valence-corrected chi connectivity index (χ1v) is 5.55. The summed E-state index contributed by atoms with van der Waals surface area (Å²) in [6.07, 6.45) is 0.170. The fourth-order valence-electron chi connectivity index (χ4n) is 1.81. The van der Waals surface area contributed by atoms with Crippen molar-refractivity contribution in [3.63, 3.8) is 0 Å². The van der Waals surface area contributed by atoms with Gasteiger partial charge in [-0.25, -0.2) is 0 Å². The van der Waals surface area contributed by atoms with Crippen LogP contribution >= 0.6 is 11.6 Å². The van der Waals surface area contributed by atoms with Gasteiger partial charge < -0.3 is 14.6 Å². The third kappa shape index (κ3) is 2.25. The van der Waals surface area contributed by atoms with Crippen LogP contribution in [-0.2, 0) is 6.42 Å². The highest BCUT2D eigenvalue weighted by Gasteiger charge is 2.19. The van der Waals surface area contributed by atoms with Gasteiger partial charge in [0, 0.05) is 5.56 Å². The van der Waals surface area contributed by atoms with Crippen molar-refractivity contribution in [1.82, 2.24) is 0 Å².